The average Bonchev–Trinajstić information content (AvgIpc) is 3.54. The Morgan fingerprint density at radius 1 is 0.918 bits per heavy atom. The van der Waals surface area contributed by atoms with E-state index in [2.05, 4.69) is 15.0 Å². The number of ether oxygens (including phenoxy) is 1. The van der Waals surface area contributed by atoms with Crippen molar-refractivity contribution in [3.8, 4) is 34.0 Å². The first-order valence-corrected chi connectivity index (χ1v) is 16.2. The lowest BCUT2D eigenvalue weighted by atomic mass is 9.78. The molecule has 0 bridgehead atoms. The molecule has 0 aliphatic carbocycles. The van der Waals surface area contributed by atoms with Crippen molar-refractivity contribution >= 4 is 17.7 Å². The van der Waals surface area contributed by atoms with Crippen LogP contribution >= 0.6 is 0 Å². The van der Waals surface area contributed by atoms with Crippen molar-refractivity contribution < 1.29 is 33.1 Å². The van der Waals surface area contributed by atoms with E-state index >= 15 is 0 Å². The second kappa shape index (κ2) is 15.2. The summed E-state index contributed by atoms with van der Waals surface area (Å²) in [5.74, 6) is -2.17. The number of piperidine rings is 1. The lowest BCUT2D eigenvalue weighted by Crippen LogP contribution is -2.50. The Morgan fingerprint density at radius 2 is 1.51 bits per heavy atom. The van der Waals surface area contributed by atoms with Crippen molar-refractivity contribution in [2.45, 2.75) is 66.5 Å². The van der Waals surface area contributed by atoms with Gasteiger partial charge in [0.15, 0.2) is 17.8 Å². The number of Topliss-reactive ketones (excluding diaryl/α,β-unsaturated/α-hetero) is 1. The molecule has 0 atom stereocenters. The highest BCUT2D eigenvalue weighted by atomic mass is 19.1. The quantitative estimate of drug-likeness (QED) is 0.144. The van der Waals surface area contributed by atoms with Gasteiger partial charge in [0.05, 0.1) is 0 Å². The number of carbonyl (C=O) groups is 3. The highest BCUT2D eigenvalue weighted by Gasteiger charge is 2.50. The first-order valence-electron chi connectivity index (χ1n) is 16.2. The summed E-state index contributed by atoms with van der Waals surface area (Å²) in [7, 11) is 0. The summed E-state index contributed by atoms with van der Waals surface area (Å²) < 4.78 is 25.5. The second-order valence-electron chi connectivity index (χ2n) is 14.5. The summed E-state index contributed by atoms with van der Waals surface area (Å²) >= 11 is 0. The van der Waals surface area contributed by atoms with Crippen LogP contribution < -0.4 is 5.73 Å². The van der Waals surface area contributed by atoms with Crippen molar-refractivity contribution in [3.05, 3.63) is 84.2 Å². The smallest absolute Gasteiger partial charge is 0.324 e. The van der Waals surface area contributed by atoms with Crippen LogP contribution in [0.2, 0.25) is 0 Å². The summed E-state index contributed by atoms with van der Waals surface area (Å²) in [5, 5.41) is 14.0. The van der Waals surface area contributed by atoms with Gasteiger partial charge in [-0.2, -0.15) is 4.98 Å². The molecule has 1 saturated heterocycles. The summed E-state index contributed by atoms with van der Waals surface area (Å²) in [6.45, 7) is 11.9. The minimum Gasteiger partial charge on any atom is -0.480 e. The zero-order chi connectivity index (χ0) is 36.0. The number of aliphatic carboxylic acids is 1. The van der Waals surface area contributed by atoms with E-state index in [4.69, 9.17) is 15.0 Å². The predicted octanol–water partition coefficient (Wildman–Crippen LogP) is 6.78. The van der Waals surface area contributed by atoms with Gasteiger partial charge in [0.25, 0.3) is 5.89 Å². The van der Waals surface area contributed by atoms with Gasteiger partial charge in [-0.25, -0.2) is 4.39 Å². The third-order valence-corrected chi connectivity index (χ3v) is 8.03. The van der Waals surface area contributed by atoms with E-state index in [-0.39, 0.29) is 35.9 Å². The Morgan fingerprint density at radius 3 is 2.06 bits per heavy atom. The second-order valence-corrected chi connectivity index (χ2v) is 14.5. The highest BCUT2D eigenvalue weighted by molar-refractivity contribution is 6.00. The molecule has 4 aromatic rings. The van der Waals surface area contributed by atoms with Gasteiger partial charge in [0.2, 0.25) is 5.82 Å². The largest absolute Gasteiger partial charge is 0.480 e. The standard InChI is InChI=1S/C34H34FN3O6.C4H11N/c1-33(2,3)28(39)21-43-32(42)34(31(40)41)15-17-38(18-16-34)20-22-9-11-24(12-10-22)29-36-30(44-37-29)25-13-14-26(27(35)19-25)23-7-5-4-6-8-23;1-4(2,3)5/h4-14,19H,15-18,20-21H2,1-3H3,(H,40,41);5H2,1-3H3. The summed E-state index contributed by atoms with van der Waals surface area (Å²) in [6, 6.07) is 21.7. The number of carbonyl (C=O) groups excluding carboxylic acids is 2. The molecule has 11 heteroatoms. The summed E-state index contributed by atoms with van der Waals surface area (Å²) in [5.41, 5.74) is 6.45. The third-order valence-electron chi connectivity index (χ3n) is 8.03. The molecule has 3 N–H and O–H groups in total. The SMILES string of the molecule is CC(C)(C)C(=O)COC(=O)C1(C(=O)O)CCN(Cc2ccc(-c3noc(-c4ccc(-c5ccccc5)c(F)c4)n3)cc2)CC1.CC(C)(C)N. The molecule has 0 unspecified atom stereocenters. The number of likely N-dealkylation sites (tertiary alicyclic amines) is 1. The van der Waals surface area contributed by atoms with Crippen molar-refractivity contribution in [2.24, 2.45) is 16.6 Å². The molecule has 1 fully saturated rings. The minimum atomic E-state index is -1.67. The lowest BCUT2D eigenvalue weighted by molar-refractivity contribution is -0.174. The van der Waals surface area contributed by atoms with Crippen LogP contribution in [-0.2, 0) is 25.7 Å². The van der Waals surface area contributed by atoms with Gasteiger partial charge in [0, 0.05) is 47.3 Å². The molecule has 3 aromatic carbocycles. The number of hydrogen-bond acceptors (Lipinski definition) is 9. The lowest BCUT2D eigenvalue weighted by Gasteiger charge is -2.37. The number of esters is 1. The van der Waals surface area contributed by atoms with Gasteiger partial charge in [-0.05, 0) is 56.9 Å². The number of benzene rings is 3. The molecule has 0 spiro atoms. The predicted molar refractivity (Wildman–Crippen MR) is 185 cm³/mol. The van der Waals surface area contributed by atoms with Crippen molar-refractivity contribution in [1.29, 1.82) is 0 Å². The van der Waals surface area contributed by atoms with Gasteiger partial charge in [0.1, 0.15) is 5.82 Å². The Balaban J connectivity index is 0.00000101. The zero-order valence-electron chi connectivity index (χ0n) is 29.0. The molecular weight excluding hydrogens is 627 g/mol. The fourth-order valence-electron chi connectivity index (χ4n) is 5.06. The van der Waals surface area contributed by atoms with Gasteiger partial charge >= 0.3 is 11.9 Å². The van der Waals surface area contributed by atoms with Gasteiger partial charge in [-0.3, -0.25) is 19.3 Å². The first kappa shape index (κ1) is 37.1. The van der Waals surface area contributed by atoms with E-state index in [1.54, 1.807) is 32.9 Å². The van der Waals surface area contributed by atoms with Crippen LogP contribution in [0.3, 0.4) is 0 Å². The number of rotatable bonds is 9. The Labute approximate surface area is 286 Å². The van der Waals surface area contributed by atoms with E-state index in [0.717, 1.165) is 16.7 Å². The van der Waals surface area contributed by atoms with E-state index < -0.39 is 29.4 Å². The van der Waals surface area contributed by atoms with E-state index in [1.165, 1.54) is 6.07 Å². The minimum absolute atomic E-state index is 0. The third kappa shape index (κ3) is 9.90. The number of hydrogen-bond donors (Lipinski definition) is 2. The molecule has 2 heterocycles. The van der Waals surface area contributed by atoms with Crippen LogP contribution in [0.15, 0.2) is 77.3 Å². The number of carboxylic acid groups (broad SMARTS) is 1. The first-order chi connectivity index (χ1) is 23.0. The summed E-state index contributed by atoms with van der Waals surface area (Å²) in [6.07, 6.45) is 0.170. The Bertz CT molecular complexity index is 1740. The fraction of sp³-hybridized carbons (Fsp3) is 0.395. The maximum Gasteiger partial charge on any atom is 0.324 e. The van der Waals surface area contributed by atoms with E-state index in [1.807, 2.05) is 75.4 Å². The van der Waals surface area contributed by atoms with Crippen molar-refractivity contribution in [1.82, 2.24) is 15.0 Å². The number of carboxylic acids is 1. The molecule has 1 aliphatic heterocycles. The fourth-order valence-corrected chi connectivity index (χ4v) is 5.06. The van der Waals surface area contributed by atoms with Gasteiger partial charge < -0.3 is 20.1 Å². The van der Waals surface area contributed by atoms with Crippen LogP contribution in [0.25, 0.3) is 34.0 Å². The van der Waals surface area contributed by atoms with Gasteiger partial charge in [-0.1, -0.05) is 86.6 Å². The number of nitrogens with zero attached hydrogens (tertiary/aromatic N) is 3. The number of ketones is 1. The molecular formula is C38H45FN4O6. The van der Waals surface area contributed by atoms with Crippen LogP contribution in [0.4, 0.5) is 4.39 Å². The van der Waals surface area contributed by atoms with Crippen LogP contribution in [0.1, 0.15) is 59.9 Å². The Hall–Kier alpha value is -4.74. The molecule has 1 aromatic heterocycles. The molecule has 260 valence electrons. The molecule has 10 nitrogen and oxygen atoms in total. The highest BCUT2D eigenvalue weighted by Crippen LogP contribution is 2.35. The van der Waals surface area contributed by atoms with Crippen LogP contribution in [-0.4, -0.2) is 63.1 Å². The number of aromatic nitrogens is 2. The zero-order valence-corrected chi connectivity index (χ0v) is 29.0. The summed E-state index contributed by atoms with van der Waals surface area (Å²) in [4.78, 5) is 43.6. The monoisotopic (exact) mass is 672 g/mol. The average molecular weight is 673 g/mol. The van der Waals surface area contributed by atoms with Crippen LogP contribution in [0.5, 0.6) is 0 Å². The molecule has 0 amide bonds. The Kier molecular flexibility index (Phi) is 11.5. The van der Waals surface area contributed by atoms with Gasteiger partial charge in [-0.15, -0.1) is 0 Å². The maximum absolute atomic E-state index is 14.9. The van der Waals surface area contributed by atoms with Crippen LogP contribution in [0, 0.1) is 16.6 Å². The number of nitrogens with two attached hydrogens (primary N) is 1. The molecule has 1 aliphatic rings. The molecule has 0 saturated carbocycles. The van der Waals surface area contributed by atoms with E-state index in [0.29, 0.717) is 36.6 Å². The van der Waals surface area contributed by atoms with Crippen molar-refractivity contribution in [2.75, 3.05) is 19.7 Å². The maximum atomic E-state index is 14.9. The van der Waals surface area contributed by atoms with Crippen molar-refractivity contribution in [3.63, 3.8) is 0 Å². The number of halogens is 1. The molecule has 5 rings (SSSR count). The molecule has 0 radical (unpaired) electrons. The van der Waals surface area contributed by atoms with E-state index in [9.17, 15) is 23.9 Å². The normalized spacial score (nSPS) is 14.8. The molecule has 49 heavy (non-hydrogen) atoms. The topological polar surface area (TPSA) is 149 Å².